The Kier molecular flexibility index (Phi) is 5.23. The normalized spacial score (nSPS) is 16.0. The highest BCUT2D eigenvalue weighted by Gasteiger charge is 2.26. The number of benzene rings is 1. The van der Waals surface area contributed by atoms with E-state index in [0.717, 1.165) is 30.9 Å². The lowest BCUT2D eigenvalue weighted by Gasteiger charge is -2.36. The summed E-state index contributed by atoms with van der Waals surface area (Å²) in [6.07, 6.45) is 1.56. The van der Waals surface area contributed by atoms with Gasteiger partial charge in [-0.3, -0.25) is 4.79 Å². The Morgan fingerprint density at radius 2 is 1.90 bits per heavy atom. The van der Waals surface area contributed by atoms with Gasteiger partial charge in [0, 0.05) is 26.6 Å². The van der Waals surface area contributed by atoms with Crippen molar-refractivity contribution in [1.29, 1.82) is 0 Å². The van der Waals surface area contributed by atoms with Gasteiger partial charge in [0.15, 0.2) is 0 Å². The Bertz CT molecular complexity index is 487. The second kappa shape index (κ2) is 6.94. The maximum absolute atomic E-state index is 12.7. The molecular formula is C17H27N3O. The lowest BCUT2D eigenvalue weighted by molar-refractivity contribution is -0.119. The van der Waals surface area contributed by atoms with Gasteiger partial charge in [0.25, 0.3) is 0 Å². The lowest BCUT2D eigenvalue weighted by Crippen LogP contribution is -2.43. The van der Waals surface area contributed by atoms with Gasteiger partial charge in [-0.15, -0.1) is 0 Å². The van der Waals surface area contributed by atoms with Gasteiger partial charge in [-0.05, 0) is 36.9 Å². The van der Waals surface area contributed by atoms with Crippen molar-refractivity contribution in [1.82, 2.24) is 0 Å². The molecule has 2 rings (SSSR count). The third kappa shape index (κ3) is 3.76. The van der Waals surface area contributed by atoms with Crippen LogP contribution in [0.4, 0.5) is 11.4 Å². The van der Waals surface area contributed by atoms with Crippen molar-refractivity contribution >= 4 is 17.3 Å². The molecule has 0 aromatic heterocycles. The number of fused-ring (bicyclic) bond motifs is 1. The molecule has 1 atom stereocenters. The van der Waals surface area contributed by atoms with Gasteiger partial charge in [-0.2, -0.15) is 0 Å². The van der Waals surface area contributed by atoms with Gasteiger partial charge >= 0.3 is 0 Å². The van der Waals surface area contributed by atoms with Crippen LogP contribution in [0, 0.1) is 11.8 Å². The van der Waals surface area contributed by atoms with E-state index in [1.807, 2.05) is 23.1 Å². The second-order valence-electron chi connectivity index (χ2n) is 6.39. The quantitative estimate of drug-likeness (QED) is 0.906. The van der Waals surface area contributed by atoms with Gasteiger partial charge in [0.05, 0.1) is 11.4 Å². The largest absolute Gasteiger partial charge is 0.371 e. The molecule has 0 spiro atoms. The second-order valence-corrected chi connectivity index (χ2v) is 6.39. The first kappa shape index (κ1) is 15.8. The van der Waals surface area contributed by atoms with Crippen molar-refractivity contribution in [3.63, 3.8) is 0 Å². The monoisotopic (exact) mass is 289 g/mol. The van der Waals surface area contributed by atoms with Crippen molar-refractivity contribution in [2.45, 2.75) is 26.7 Å². The highest BCUT2D eigenvalue weighted by atomic mass is 16.2. The van der Waals surface area contributed by atoms with E-state index in [4.69, 9.17) is 5.73 Å². The van der Waals surface area contributed by atoms with Crippen molar-refractivity contribution in [2.24, 2.45) is 17.6 Å². The molecular weight excluding hydrogens is 262 g/mol. The minimum atomic E-state index is 0.201. The number of likely N-dealkylation sites (N-methyl/N-ethyl adjacent to an activating group) is 1. The zero-order chi connectivity index (χ0) is 15.4. The summed E-state index contributed by atoms with van der Waals surface area (Å²) in [5.74, 6) is 1.06. The number of amides is 1. The molecule has 0 bridgehead atoms. The summed E-state index contributed by atoms with van der Waals surface area (Å²) in [6, 6.07) is 8.11. The van der Waals surface area contributed by atoms with Crippen LogP contribution in [-0.2, 0) is 4.79 Å². The molecule has 2 N–H and O–H groups in total. The number of rotatable bonds is 5. The fourth-order valence-corrected chi connectivity index (χ4v) is 3.05. The fraction of sp³-hybridized carbons (Fsp3) is 0.588. The first-order chi connectivity index (χ1) is 10.0. The first-order valence-electron chi connectivity index (χ1n) is 7.83. The van der Waals surface area contributed by atoms with Gasteiger partial charge < -0.3 is 15.5 Å². The number of carbonyl (C=O) groups is 1. The number of para-hydroxylation sites is 2. The van der Waals surface area contributed by atoms with Crippen molar-refractivity contribution in [3.8, 4) is 0 Å². The predicted molar refractivity (Wildman–Crippen MR) is 88.7 cm³/mol. The summed E-state index contributed by atoms with van der Waals surface area (Å²) in [4.78, 5) is 16.8. The van der Waals surface area contributed by atoms with Crippen LogP contribution < -0.4 is 15.5 Å². The molecule has 1 amide bonds. The molecule has 0 saturated carbocycles. The van der Waals surface area contributed by atoms with Crippen LogP contribution in [0.1, 0.15) is 26.7 Å². The average Bonchev–Trinajstić information content (AvgIpc) is 2.46. The van der Waals surface area contributed by atoms with Crippen LogP contribution in [0.15, 0.2) is 24.3 Å². The molecule has 4 nitrogen and oxygen atoms in total. The molecule has 1 unspecified atom stereocenters. The van der Waals surface area contributed by atoms with Gasteiger partial charge in [0.2, 0.25) is 5.91 Å². The molecule has 0 fully saturated rings. The molecule has 1 aromatic rings. The number of hydrogen-bond donors (Lipinski definition) is 1. The Hall–Kier alpha value is -1.55. The van der Waals surface area contributed by atoms with E-state index in [1.165, 1.54) is 0 Å². The van der Waals surface area contributed by atoms with E-state index in [-0.39, 0.29) is 11.8 Å². The average molecular weight is 289 g/mol. The number of carbonyl (C=O) groups excluding carboxylic acids is 1. The maximum Gasteiger partial charge on any atom is 0.227 e. The smallest absolute Gasteiger partial charge is 0.227 e. The molecule has 4 heteroatoms. The molecule has 1 heterocycles. The minimum absolute atomic E-state index is 0.201. The molecule has 0 aliphatic carbocycles. The molecule has 21 heavy (non-hydrogen) atoms. The van der Waals surface area contributed by atoms with Crippen molar-refractivity contribution in [2.75, 3.05) is 36.5 Å². The molecule has 0 saturated heterocycles. The molecule has 1 aliphatic heterocycles. The Labute approximate surface area is 127 Å². The van der Waals surface area contributed by atoms with Crippen LogP contribution in [0.25, 0.3) is 0 Å². The summed E-state index contributed by atoms with van der Waals surface area (Å²) in [5.41, 5.74) is 7.99. The number of hydrogen-bond acceptors (Lipinski definition) is 3. The van der Waals surface area contributed by atoms with E-state index in [2.05, 4.69) is 31.9 Å². The zero-order valence-electron chi connectivity index (χ0n) is 13.4. The summed E-state index contributed by atoms with van der Waals surface area (Å²) in [7, 11) is 2.07. The highest BCUT2D eigenvalue weighted by Crippen LogP contribution is 2.32. The highest BCUT2D eigenvalue weighted by molar-refractivity contribution is 5.97. The van der Waals surface area contributed by atoms with E-state index in [1.54, 1.807) is 0 Å². The maximum atomic E-state index is 12.7. The SMILES string of the molecule is CC(C)CC(CN)CC(=O)N1CCN(C)c2ccccc21. The number of nitrogens with zero attached hydrogens (tertiary/aromatic N) is 2. The van der Waals surface area contributed by atoms with Crippen LogP contribution in [0.3, 0.4) is 0 Å². The van der Waals surface area contributed by atoms with Crippen LogP contribution in [-0.4, -0.2) is 32.6 Å². The zero-order valence-corrected chi connectivity index (χ0v) is 13.4. The summed E-state index contributed by atoms with van der Waals surface area (Å²) >= 11 is 0. The molecule has 116 valence electrons. The third-order valence-electron chi connectivity index (χ3n) is 4.15. The fourth-order valence-electron chi connectivity index (χ4n) is 3.05. The van der Waals surface area contributed by atoms with Crippen LogP contribution in [0.2, 0.25) is 0 Å². The topological polar surface area (TPSA) is 49.6 Å². The van der Waals surface area contributed by atoms with Crippen LogP contribution in [0.5, 0.6) is 0 Å². The Morgan fingerprint density at radius 1 is 1.24 bits per heavy atom. The summed E-state index contributed by atoms with van der Waals surface area (Å²) in [5, 5.41) is 0. The van der Waals surface area contributed by atoms with Crippen molar-refractivity contribution < 1.29 is 4.79 Å². The lowest BCUT2D eigenvalue weighted by atomic mass is 9.93. The van der Waals surface area contributed by atoms with E-state index >= 15 is 0 Å². The number of anilines is 2. The van der Waals surface area contributed by atoms with Gasteiger partial charge in [-0.1, -0.05) is 26.0 Å². The molecule has 1 aliphatic rings. The Balaban J connectivity index is 2.11. The third-order valence-corrected chi connectivity index (χ3v) is 4.15. The molecule has 1 aromatic carbocycles. The number of nitrogens with two attached hydrogens (primary N) is 1. The van der Waals surface area contributed by atoms with E-state index < -0.39 is 0 Å². The van der Waals surface area contributed by atoms with Crippen molar-refractivity contribution in [3.05, 3.63) is 24.3 Å². The van der Waals surface area contributed by atoms with Gasteiger partial charge in [-0.25, -0.2) is 0 Å². The standard InChI is InChI=1S/C17H27N3O/c1-13(2)10-14(12-18)11-17(21)20-9-8-19(3)15-6-4-5-7-16(15)20/h4-7,13-14H,8-12,18H2,1-3H3. The molecule has 0 radical (unpaired) electrons. The van der Waals surface area contributed by atoms with Crippen LogP contribution >= 0.6 is 0 Å². The first-order valence-corrected chi connectivity index (χ1v) is 7.83. The predicted octanol–water partition coefficient (Wildman–Crippen LogP) is 2.48. The summed E-state index contributed by atoms with van der Waals surface area (Å²) in [6.45, 7) is 6.57. The summed E-state index contributed by atoms with van der Waals surface area (Å²) < 4.78 is 0. The van der Waals surface area contributed by atoms with Gasteiger partial charge in [0.1, 0.15) is 0 Å². The van der Waals surface area contributed by atoms with E-state index in [0.29, 0.717) is 18.9 Å². The Morgan fingerprint density at radius 3 is 2.52 bits per heavy atom. The minimum Gasteiger partial charge on any atom is -0.371 e. The van der Waals surface area contributed by atoms with E-state index in [9.17, 15) is 4.79 Å².